The Bertz CT molecular complexity index is 335. The van der Waals surface area contributed by atoms with Gasteiger partial charge in [0.15, 0.2) is 0 Å². The number of nitrogens with one attached hydrogen (secondary N) is 1. The summed E-state index contributed by atoms with van der Waals surface area (Å²) in [5.74, 6) is 0.748. The van der Waals surface area contributed by atoms with Crippen LogP contribution >= 0.6 is 15.9 Å². The highest BCUT2D eigenvalue weighted by molar-refractivity contribution is 9.10. The van der Waals surface area contributed by atoms with Crippen LogP contribution in [0, 0.1) is 5.92 Å². The topological polar surface area (TPSA) is 12.0 Å². The van der Waals surface area contributed by atoms with Gasteiger partial charge in [-0.1, -0.05) is 48.8 Å². The molecule has 2 atom stereocenters. The second-order valence-corrected chi connectivity index (χ2v) is 6.13. The second kappa shape index (κ2) is 7.17. The molecule has 0 saturated carbocycles. The molecule has 0 spiro atoms. The molecule has 1 aromatic rings. The Labute approximate surface area is 114 Å². The summed E-state index contributed by atoms with van der Waals surface area (Å²) < 4.78 is 1.16. The average molecular weight is 298 g/mol. The Kier molecular flexibility index (Phi) is 6.21. The van der Waals surface area contributed by atoms with Crippen molar-refractivity contribution in [1.82, 2.24) is 5.32 Å². The molecule has 2 unspecified atom stereocenters. The van der Waals surface area contributed by atoms with Crippen molar-refractivity contribution < 1.29 is 0 Å². The van der Waals surface area contributed by atoms with Crippen LogP contribution in [0.2, 0.25) is 0 Å². The zero-order valence-corrected chi connectivity index (χ0v) is 12.9. The van der Waals surface area contributed by atoms with Crippen molar-refractivity contribution in [3.05, 3.63) is 34.3 Å². The SMILES string of the molecule is CCC(NC(C)CC(C)C)c1cccc(Br)c1. The first-order valence-corrected chi connectivity index (χ1v) is 7.33. The van der Waals surface area contributed by atoms with E-state index in [2.05, 4.69) is 73.2 Å². The molecule has 0 amide bonds. The lowest BCUT2D eigenvalue weighted by atomic mass is 10.0. The lowest BCUT2D eigenvalue weighted by Crippen LogP contribution is -2.31. The summed E-state index contributed by atoms with van der Waals surface area (Å²) in [6.45, 7) is 9.07. The third kappa shape index (κ3) is 5.22. The first-order chi connectivity index (χ1) is 8.02. The monoisotopic (exact) mass is 297 g/mol. The number of rotatable bonds is 6. The fraction of sp³-hybridized carbons (Fsp3) is 0.600. The Balaban J connectivity index is 2.65. The molecule has 0 aliphatic heterocycles. The molecule has 96 valence electrons. The molecule has 0 aliphatic rings. The summed E-state index contributed by atoms with van der Waals surface area (Å²) in [4.78, 5) is 0. The minimum atomic E-state index is 0.459. The molecular weight excluding hydrogens is 274 g/mol. The molecule has 2 heteroatoms. The smallest absolute Gasteiger partial charge is 0.0320 e. The lowest BCUT2D eigenvalue weighted by Gasteiger charge is -2.24. The van der Waals surface area contributed by atoms with Gasteiger partial charge in [-0.05, 0) is 43.4 Å². The maximum atomic E-state index is 3.72. The number of halogens is 1. The summed E-state index contributed by atoms with van der Waals surface area (Å²) >= 11 is 3.54. The van der Waals surface area contributed by atoms with E-state index in [0.29, 0.717) is 12.1 Å². The zero-order chi connectivity index (χ0) is 12.8. The molecule has 1 aromatic carbocycles. The molecule has 0 aliphatic carbocycles. The molecule has 0 aromatic heterocycles. The summed E-state index contributed by atoms with van der Waals surface area (Å²) in [6, 6.07) is 9.63. The van der Waals surface area contributed by atoms with Gasteiger partial charge in [-0.3, -0.25) is 0 Å². The van der Waals surface area contributed by atoms with Crippen molar-refractivity contribution in [2.75, 3.05) is 0 Å². The van der Waals surface area contributed by atoms with Gasteiger partial charge in [-0.15, -0.1) is 0 Å². The third-order valence-electron chi connectivity index (χ3n) is 2.97. The predicted octanol–water partition coefficient (Wildman–Crippen LogP) is 4.92. The maximum absolute atomic E-state index is 3.72. The molecule has 0 fully saturated rings. The van der Waals surface area contributed by atoms with E-state index in [4.69, 9.17) is 0 Å². The minimum Gasteiger partial charge on any atom is -0.307 e. The normalized spacial score (nSPS) is 14.9. The van der Waals surface area contributed by atoms with Gasteiger partial charge in [0.05, 0.1) is 0 Å². The summed E-state index contributed by atoms with van der Waals surface area (Å²) in [5, 5.41) is 3.72. The Morgan fingerprint density at radius 2 is 1.94 bits per heavy atom. The van der Waals surface area contributed by atoms with Crippen LogP contribution in [0.1, 0.15) is 52.1 Å². The standard InChI is InChI=1S/C15H24BrN/c1-5-15(17-12(4)9-11(2)3)13-7-6-8-14(16)10-13/h6-8,10-12,15,17H,5,9H2,1-4H3. The van der Waals surface area contributed by atoms with Crippen LogP contribution in [0.15, 0.2) is 28.7 Å². The fourth-order valence-corrected chi connectivity index (χ4v) is 2.71. The third-order valence-corrected chi connectivity index (χ3v) is 3.46. The fourth-order valence-electron chi connectivity index (χ4n) is 2.29. The van der Waals surface area contributed by atoms with E-state index < -0.39 is 0 Å². The van der Waals surface area contributed by atoms with Crippen LogP contribution in [0.25, 0.3) is 0 Å². The maximum Gasteiger partial charge on any atom is 0.0320 e. The van der Waals surface area contributed by atoms with E-state index in [9.17, 15) is 0 Å². The van der Waals surface area contributed by atoms with Crippen LogP contribution in [0.4, 0.5) is 0 Å². The van der Waals surface area contributed by atoms with Crippen molar-refractivity contribution in [3.8, 4) is 0 Å². The van der Waals surface area contributed by atoms with E-state index in [1.807, 2.05) is 0 Å². The van der Waals surface area contributed by atoms with Gasteiger partial charge in [0.25, 0.3) is 0 Å². The second-order valence-electron chi connectivity index (χ2n) is 5.21. The molecule has 0 bridgehead atoms. The molecular formula is C15H24BrN. The molecule has 1 rings (SSSR count). The number of benzene rings is 1. The predicted molar refractivity (Wildman–Crippen MR) is 79.2 cm³/mol. The molecule has 1 N–H and O–H groups in total. The number of hydrogen-bond acceptors (Lipinski definition) is 1. The van der Waals surface area contributed by atoms with E-state index in [-0.39, 0.29) is 0 Å². The molecule has 1 nitrogen and oxygen atoms in total. The van der Waals surface area contributed by atoms with Crippen molar-refractivity contribution in [2.45, 2.75) is 52.6 Å². The summed E-state index contributed by atoms with van der Waals surface area (Å²) in [7, 11) is 0. The zero-order valence-electron chi connectivity index (χ0n) is 11.3. The van der Waals surface area contributed by atoms with Crippen LogP contribution in [0.5, 0.6) is 0 Å². The van der Waals surface area contributed by atoms with Crippen LogP contribution in [0.3, 0.4) is 0 Å². The molecule has 0 radical (unpaired) electrons. The van der Waals surface area contributed by atoms with Crippen molar-refractivity contribution in [1.29, 1.82) is 0 Å². The summed E-state index contributed by atoms with van der Waals surface area (Å²) in [5.41, 5.74) is 1.37. The van der Waals surface area contributed by atoms with Crippen LogP contribution < -0.4 is 5.32 Å². The Morgan fingerprint density at radius 3 is 2.47 bits per heavy atom. The van der Waals surface area contributed by atoms with Gasteiger partial charge in [0.1, 0.15) is 0 Å². The highest BCUT2D eigenvalue weighted by atomic mass is 79.9. The minimum absolute atomic E-state index is 0.459. The van der Waals surface area contributed by atoms with Crippen LogP contribution in [-0.2, 0) is 0 Å². The highest BCUT2D eigenvalue weighted by Gasteiger charge is 2.13. The van der Waals surface area contributed by atoms with Gasteiger partial charge >= 0.3 is 0 Å². The summed E-state index contributed by atoms with van der Waals surface area (Å²) in [6.07, 6.45) is 2.35. The van der Waals surface area contributed by atoms with E-state index in [1.165, 1.54) is 12.0 Å². The van der Waals surface area contributed by atoms with Gasteiger partial charge in [-0.2, -0.15) is 0 Å². The molecule has 17 heavy (non-hydrogen) atoms. The average Bonchev–Trinajstić information content (AvgIpc) is 2.24. The quantitative estimate of drug-likeness (QED) is 0.785. The molecule has 0 saturated heterocycles. The molecule has 0 heterocycles. The van der Waals surface area contributed by atoms with Crippen molar-refractivity contribution >= 4 is 15.9 Å². The Hall–Kier alpha value is -0.340. The van der Waals surface area contributed by atoms with Gasteiger partial charge in [0.2, 0.25) is 0 Å². The van der Waals surface area contributed by atoms with E-state index in [1.54, 1.807) is 0 Å². The van der Waals surface area contributed by atoms with Gasteiger partial charge < -0.3 is 5.32 Å². The first-order valence-electron chi connectivity index (χ1n) is 6.54. The van der Waals surface area contributed by atoms with Crippen molar-refractivity contribution in [3.63, 3.8) is 0 Å². The van der Waals surface area contributed by atoms with Crippen LogP contribution in [-0.4, -0.2) is 6.04 Å². The van der Waals surface area contributed by atoms with E-state index in [0.717, 1.165) is 16.8 Å². The van der Waals surface area contributed by atoms with Gasteiger partial charge in [-0.25, -0.2) is 0 Å². The van der Waals surface area contributed by atoms with Crippen molar-refractivity contribution in [2.24, 2.45) is 5.92 Å². The Morgan fingerprint density at radius 1 is 1.24 bits per heavy atom. The largest absolute Gasteiger partial charge is 0.307 e. The van der Waals surface area contributed by atoms with Gasteiger partial charge in [0, 0.05) is 16.6 Å². The highest BCUT2D eigenvalue weighted by Crippen LogP contribution is 2.22. The first kappa shape index (κ1) is 14.7. The number of hydrogen-bond donors (Lipinski definition) is 1. The lowest BCUT2D eigenvalue weighted by molar-refractivity contribution is 0.388. The van der Waals surface area contributed by atoms with E-state index >= 15 is 0 Å².